The number of hydrogen-bond acceptors (Lipinski definition) is 5. The van der Waals surface area contributed by atoms with Gasteiger partial charge in [-0.2, -0.15) is 4.31 Å². The number of aryl methyl sites for hydroxylation is 2. The van der Waals surface area contributed by atoms with Crippen LogP contribution in [0.15, 0.2) is 71.6 Å². The van der Waals surface area contributed by atoms with Crippen LogP contribution in [-0.2, 0) is 27.9 Å². The normalized spacial score (nSPS) is 12.7. The number of carbonyl (C=O) groups excluding carboxylic acids is 1. The largest absolute Gasteiger partial charge is 0.454 e. The van der Waals surface area contributed by atoms with Crippen molar-refractivity contribution in [2.45, 2.75) is 31.8 Å². The van der Waals surface area contributed by atoms with Gasteiger partial charge >= 0.3 is 0 Å². The van der Waals surface area contributed by atoms with Gasteiger partial charge < -0.3 is 14.8 Å². The topological polar surface area (TPSA) is 84.9 Å². The molecule has 8 heteroatoms. The van der Waals surface area contributed by atoms with E-state index in [1.54, 1.807) is 36.4 Å². The van der Waals surface area contributed by atoms with Crippen LogP contribution in [0.25, 0.3) is 0 Å². The van der Waals surface area contributed by atoms with Crippen molar-refractivity contribution in [1.82, 2.24) is 9.62 Å². The highest BCUT2D eigenvalue weighted by Crippen LogP contribution is 2.32. The molecule has 0 fully saturated rings. The third kappa shape index (κ3) is 5.53. The molecule has 1 amide bonds. The van der Waals surface area contributed by atoms with E-state index in [-0.39, 0.29) is 31.3 Å². The van der Waals surface area contributed by atoms with Gasteiger partial charge in [0.2, 0.25) is 22.7 Å². The Bertz CT molecular complexity index is 1240. The molecule has 0 atom stereocenters. The van der Waals surface area contributed by atoms with Crippen LogP contribution in [-0.4, -0.2) is 32.0 Å². The first-order valence-electron chi connectivity index (χ1n) is 10.6. The standard InChI is InChI=1S/C25H26N2O5S/c1-18-3-7-20(8-4-18)15-27(33(29,30)22-10-5-19(2)6-11-22)16-25(28)26-14-21-9-12-23-24(13-21)32-17-31-23/h3-13H,14-17H2,1-2H3,(H,26,28). The fraction of sp³-hybridized carbons (Fsp3) is 0.240. The van der Waals surface area contributed by atoms with Gasteiger partial charge in [-0.05, 0) is 49.2 Å². The number of amides is 1. The Morgan fingerprint density at radius 3 is 2.18 bits per heavy atom. The number of sulfonamides is 1. The fourth-order valence-corrected chi connectivity index (χ4v) is 4.83. The van der Waals surface area contributed by atoms with Crippen LogP contribution in [0.5, 0.6) is 11.5 Å². The molecule has 1 aliphatic rings. The van der Waals surface area contributed by atoms with Crippen molar-refractivity contribution in [2.75, 3.05) is 13.3 Å². The van der Waals surface area contributed by atoms with E-state index in [2.05, 4.69) is 5.32 Å². The molecule has 0 unspecified atom stereocenters. The fourth-order valence-electron chi connectivity index (χ4n) is 3.45. The van der Waals surface area contributed by atoms with E-state index in [0.29, 0.717) is 11.5 Å². The van der Waals surface area contributed by atoms with E-state index < -0.39 is 15.9 Å². The second-order valence-electron chi connectivity index (χ2n) is 8.04. The molecule has 0 saturated carbocycles. The molecule has 3 aromatic carbocycles. The molecule has 7 nitrogen and oxygen atoms in total. The molecule has 0 saturated heterocycles. The zero-order valence-electron chi connectivity index (χ0n) is 18.6. The summed E-state index contributed by atoms with van der Waals surface area (Å²) in [6, 6.07) is 19.6. The van der Waals surface area contributed by atoms with Gasteiger partial charge in [-0.1, -0.05) is 53.6 Å². The predicted molar refractivity (Wildman–Crippen MR) is 124 cm³/mol. The highest BCUT2D eigenvalue weighted by atomic mass is 32.2. The molecule has 172 valence electrons. The summed E-state index contributed by atoms with van der Waals surface area (Å²) in [6.45, 7) is 4.08. The van der Waals surface area contributed by atoms with Crippen molar-refractivity contribution >= 4 is 15.9 Å². The van der Waals surface area contributed by atoms with Gasteiger partial charge in [0, 0.05) is 13.1 Å². The first-order valence-corrected chi connectivity index (χ1v) is 12.0. The average molecular weight is 467 g/mol. The lowest BCUT2D eigenvalue weighted by atomic mass is 10.1. The van der Waals surface area contributed by atoms with Gasteiger partial charge in [0.05, 0.1) is 11.4 Å². The van der Waals surface area contributed by atoms with E-state index in [4.69, 9.17) is 9.47 Å². The lowest BCUT2D eigenvalue weighted by Crippen LogP contribution is -2.40. The minimum absolute atomic E-state index is 0.0912. The third-order valence-corrected chi connectivity index (χ3v) is 7.19. The van der Waals surface area contributed by atoms with E-state index >= 15 is 0 Å². The van der Waals surface area contributed by atoms with Gasteiger partial charge in [-0.25, -0.2) is 8.42 Å². The molecule has 0 radical (unpaired) electrons. The van der Waals surface area contributed by atoms with Crippen molar-refractivity contribution in [2.24, 2.45) is 0 Å². The molecule has 33 heavy (non-hydrogen) atoms. The Morgan fingerprint density at radius 2 is 1.48 bits per heavy atom. The number of benzene rings is 3. The minimum Gasteiger partial charge on any atom is -0.454 e. The molecule has 0 bridgehead atoms. The number of rotatable bonds is 8. The van der Waals surface area contributed by atoms with Crippen molar-refractivity contribution in [1.29, 1.82) is 0 Å². The van der Waals surface area contributed by atoms with Crippen LogP contribution < -0.4 is 14.8 Å². The lowest BCUT2D eigenvalue weighted by molar-refractivity contribution is -0.121. The molecule has 4 rings (SSSR count). The first-order chi connectivity index (χ1) is 15.8. The van der Waals surface area contributed by atoms with Gasteiger partial charge in [-0.15, -0.1) is 0 Å². The second-order valence-corrected chi connectivity index (χ2v) is 9.97. The maximum absolute atomic E-state index is 13.4. The summed E-state index contributed by atoms with van der Waals surface area (Å²) in [6.07, 6.45) is 0. The third-order valence-electron chi connectivity index (χ3n) is 5.38. The summed E-state index contributed by atoms with van der Waals surface area (Å²) in [7, 11) is -3.88. The minimum atomic E-state index is -3.88. The zero-order valence-corrected chi connectivity index (χ0v) is 19.4. The van der Waals surface area contributed by atoms with Crippen LogP contribution >= 0.6 is 0 Å². The van der Waals surface area contributed by atoms with E-state index in [0.717, 1.165) is 22.3 Å². The number of carbonyl (C=O) groups is 1. The highest BCUT2D eigenvalue weighted by Gasteiger charge is 2.27. The molecule has 1 aliphatic heterocycles. The van der Waals surface area contributed by atoms with E-state index in [1.807, 2.05) is 44.2 Å². The Morgan fingerprint density at radius 1 is 0.879 bits per heavy atom. The maximum atomic E-state index is 13.4. The van der Waals surface area contributed by atoms with Gasteiger partial charge in [0.15, 0.2) is 11.5 Å². The predicted octanol–water partition coefficient (Wildman–Crippen LogP) is 3.54. The maximum Gasteiger partial charge on any atom is 0.243 e. The first kappa shape index (κ1) is 22.8. The number of nitrogens with one attached hydrogen (secondary N) is 1. The summed E-state index contributed by atoms with van der Waals surface area (Å²) in [5.74, 6) is 0.902. The quantitative estimate of drug-likeness (QED) is 0.549. The Kier molecular flexibility index (Phi) is 6.67. The number of nitrogens with zero attached hydrogens (tertiary/aromatic N) is 1. The van der Waals surface area contributed by atoms with Gasteiger partial charge in [-0.3, -0.25) is 4.79 Å². The molecule has 0 aliphatic carbocycles. The van der Waals surface area contributed by atoms with Crippen LogP contribution in [0, 0.1) is 13.8 Å². The zero-order chi connectivity index (χ0) is 23.4. The lowest BCUT2D eigenvalue weighted by Gasteiger charge is -2.22. The molecule has 0 spiro atoms. The number of ether oxygens (including phenoxy) is 2. The summed E-state index contributed by atoms with van der Waals surface area (Å²) in [5.41, 5.74) is 3.67. The van der Waals surface area contributed by atoms with Crippen molar-refractivity contribution in [3.05, 3.63) is 89.0 Å². The van der Waals surface area contributed by atoms with E-state index in [1.165, 1.54) is 4.31 Å². The van der Waals surface area contributed by atoms with Crippen molar-refractivity contribution < 1.29 is 22.7 Å². The summed E-state index contributed by atoms with van der Waals surface area (Å²) in [4.78, 5) is 12.9. The summed E-state index contributed by atoms with van der Waals surface area (Å²) < 4.78 is 38.6. The van der Waals surface area contributed by atoms with Crippen LogP contribution in [0.1, 0.15) is 22.3 Å². The Hall–Kier alpha value is -3.36. The Labute approximate surface area is 194 Å². The molecule has 3 aromatic rings. The summed E-state index contributed by atoms with van der Waals surface area (Å²) >= 11 is 0. The van der Waals surface area contributed by atoms with Crippen LogP contribution in [0.3, 0.4) is 0 Å². The van der Waals surface area contributed by atoms with Gasteiger partial charge in [0.25, 0.3) is 0 Å². The van der Waals surface area contributed by atoms with E-state index in [9.17, 15) is 13.2 Å². The molecule has 1 heterocycles. The average Bonchev–Trinajstić information content (AvgIpc) is 3.27. The number of hydrogen-bond donors (Lipinski definition) is 1. The monoisotopic (exact) mass is 466 g/mol. The smallest absolute Gasteiger partial charge is 0.243 e. The molecule has 0 aromatic heterocycles. The highest BCUT2D eigenvalue weighted by molar-refractivity contribution is 7.89. The van der Waals surface area contributed by atoms with Crippen LogP contribution in [0.2, 0.25) is 0 Å². The van der Waals surface area contributed by atoms with Crippen molar-refractivity contribution in [3.8, 4) is 11.5 Å². The second kappa shape index (κ2) is 9.64. The molecule has 1 N–H and O–H groups in total. The van der Waals surface area contributed by atoms with Crippen molar-refractivity contribution in [3.63, 3.8) is 0 Å². The number of fused-ring (bicyclic) bond motifs is 1. The summed E-state index contributed by atoms with van der Waals surface area (Å²) in [5, 5.41) is 2.81. The SMILES string of the molecule is Cc1ccc(CN(CC(=O)NCc2ccc3c(c2)OCO3)S(=O)(=O)c2ccc(C)cc2)cc1. The molecular formula is C25H26N2O5S. The van der Waals surface area contributed by atoms with Crippen LogP contribution in [0.4, 0.5) is 0 Å². The van der Waals surface area contributed by atoms with Gasteiger partial charge in [0.1, 0.15) is 0 Å². The molecular weight excluding hydrogens is 440 g/mol. The Balaban J connectivity index is 1.50.